The van der Waals surface area contributed by atoms with Crippen molar-refractivity contribution in [3.63, 3.8) is 0 Å². The SMILES string of the molecule is CN1Cc2ccccc2[C@@H](c2ccc(Br)cc2)C1. The summed E-state index contributed by atoms with van der Waals surface area (Å²) in [5.74, 6) is 0.494. The third kappa shape index (κ3) is 2.23. The van der Waals surface area contributed by atoms with Crippen molar-refractivity contribution in [3.05, 3.63) is 69.7 Å². The average molecular weight is 302 g/mol. The maximum atomic E-state index is 3.50. The second kappa shape index (κ2) is 4.87. The van der Waals surface area contributed by atoms with Crippen LogP contribution in [0.4, 0.5) is 0 Å². The molecule has 0 aromatic heterocycles. The molecule has 3 rings (SSSR count). The average Bonchev–Trinajstić information content (AvgIpc) is 2.38. The van der Waals surface area contributed by atoms with E-state index in [2.05, 4.69) is 76.4 Å². The van der Waals surface area contributed by atoms with Crippen LogP contribution in [0.3, 0.4) is 0 Å². The molecule has 0 radical (unpaired) electrons. The molecule has 0 bridgehead atoms. The molecule has 0 saturated carbocycles. The molecule has 1 aliphatic rings. The lowest BCUT2D eigenvalue weighted by molar-refractivity contribution is 0.295. The van der Waals surface area contributed by atoms with Crippen LogP contribution in [0.5, 0.6) is 0 Å². The van der Waals surface area contributed by atoms with Crippen molar-refractivity contribution < 1.29 is 0 Å². The highest BCUT2D eigenvalue weighted by molar-refractivity contribution is 9.10. The van der Waals surface area contributed by atoms with Crippen LogP contribution < -0.4 is 0 Å². The fourth-order valence-electron chi connectivity index (χ4n) is 2.76. The zero-order valence-corrected chi connectivity index (χ0v) is 12.0. The van der Waals surface area contributed by atoms with Crippen molar-refractivity contribution in [2.24, 2.45) is 0 Å². The first-order chi connectivity index (χ1) is 8.74. The number of rotatable bonds is 1. The third-order valence-electron chi connectivity index (χ3n) is 3.64. The van der Waals surface area contributed by atoms with Crippen molar-refractivity contribution in [2.45, 2.75) is 12.5 Å². The van der Waals surface area contributed by atoms with Gasteiger partial charge >= 0.3 is 0 Å². The van der Waals surface area contributed by atoms with Gasteiger partial charge < -0.3 is 4.90 Å². The Hall–Kier alpha value is -1.12. The quantitative estimate of drug-likeness (QED) is 0.769. The van der Waals surface area contributed by atoms with Gasteiger partial charge in [0.1, 0.15) is 0 Å². The van der Waals surface area contributed by atoms with E-state index in [9.17, 15) is 0 Å². The lowest BCUT2D eigenvalue weighted by Gasteiger charge is -2.32. The number of nitrogens with zero attached hydrogens (tertiary/aromatic N) is 1. The van der Waals surface area contributed by atoms with E-state index in [1.807, 2.05) is 0 Å². The summed E-state index contributed by atoms with van der Waals surface area (Å²) in [5.41, 5.74) is 4.34. The minimum atomic E-state index is 0.494. The van der Waals surface area contributed by atoms with Crippen LogP contribution in [-0.4, -0.2) is 18.5 Å². The van der Waals surface area contributed by atoms with Gasteiger partial charge in [-0.1, -0.05) is 52.3 Å². The van der Waals surface area contributed by atoms with Crippen LogP contribution in [0, 0.1) is 0 Å². The Kier molecular flexibility index (Phi) is 3.23. The molecule has 0 N–H and O–H groups in total. The first-order valence-electron chi connectivity index (χ1n) is 6.26. The van der Waals surface area contributed by atoms with Crippen LogP contribution in [0.25, 0.3) is 0 Å². The molecule has 0 spiro atoms. The van der Waals surface area contributed by atoms with Gasteiger partial charge in [0.15, 0.2) is 0 Å². The molecule has 1 atom stereocenters. The fraction of sp³-hybridized carbons (Fsp3) is 0.250. The van der Waals surface area contributed by atoms with E-state index < -0.39 is 0 Å². The monoisotopic (exact) mass is 301 g/mol. The number of likely N-dealkylation sites (N-methyl/N-ethyl adjacent to an activating group) is 1. The summed E-state index contributed by atoms with van der Waals surface area (Å²) in [6.45, 7) is 2.15. The number of hydrogen-bond acceptors (Lipinski definition) is 1. The van der Waals surface area contributed by atoms with Crippen LogP contribution in [0.2, 0.25) is 0 Å². The Labute approximate surface area is 117 Å². The standard InChI is InChI=1S/C16H16BrN/c1-18-10-13-4-2-3-5-15(13)16(11-18)12-6-8-14(17)9-7-12/h2-9,16H,10-11H2,1H3/t16-/m1/s1. The van der Waals surface area contributed by atoms with Crippen LogP contribution >= 0.6 is 15.9 Å². The Morgan fingerprint density at radius 3 is 2.56 bits per heavy atom. The molecule has 1 aliphatic heterocycles. The van der Waals surface area contributed by atoms with Gasteiger partial charge in [-0.05, 0) is 35.9 Å². The molecule has 0 unspecified atom stereocenters. The summed E-state index contributed by atoms with van der Waals surface area (Å²) in [6, 6.07) is 17.5. The first kappa shape index (κ1) is 11.9. The lowest BCUT2D eigenvalue weighted by atomic mass is 9.85. The van der Waals surface area contributed by atoms with E-state index in [0.29, 0.717) is 5.92 Å². The fourth-order valence-corrected chi connectivity index (χ4v) is 3.03. The predicted molar refractivity (Wildman–Crippen MR) is 78.8 cm³/mol. The Morgan fingerprint density at radius 1 is 1.06 bits per heavy atom. The van der Waals surface area contributed by atoms with Gasteiger partial charge in [-0.15, -0.1) is 0 Å². The highest BCUT2D eigenvalue weighted by Gasteiger charge is 2.23. The Balaban J connectivity index is 2.04. The van der Waals surface area contributed by atoms with Gasteiger partial charge in [-0.25, -0.2) is 0 Å². The Morgan fingerprint density at radius 2 is 1.78 bits per heavy atom. The molecule has 0 amide bonds. The summed E-state index contributed by atoms with van der Waals surface area (Å²) >= 11 is 3.50. The van der Waals surface area contributed by atoms with Gasteiger partial charge in [0.2, 0.25) is 0 Å². The molecule has 0 aliphatic carbocycles. The van der Waals surface area contributed by atoms with Gasteiger partial charge in [-0.3, -0.25) is 0 Å². The molecule has 92 valence electrons. The van der Waals surface area contributed by atoms with Crippen molar-refractivity contribution in [2.75, 3.05) is 13.6 Å². The molecular weight excluding hydrogens is 286 g/mol. The van der Waals surface area contributed by atoms with Crippen LogP contribution in [0.15, 0.2) is 53.0 Å². The lowest BCUT2D eigenvalue weighted by Crippen LogP contribution is -2.30. The predicted octanol–water partition coefficient (Wildman–Crippen LogP) is 4.03. The molecule has 0 saturated heterocycles. The summed E-state index contributed by atoms with van der Waals surface area (Å²) in [5, 5.41) is 0. The van der Waals surface area contributed by atoms with E-state index in [-0.39, 0.29) is 0 Å². The summed E-state index contributed by atoms with van der Waals surface area (Å²) in [6.07, 6.45) is 0. The van der Waals surface area contributed by atoms with Gasteiger partial charge in [0.05, 0.1) is 0 Å². The van der Waals surface area contributed by atoms with E-state index in [0.717, 1.165) is 17.6 Å². The minimum absolute atomic E-state index is 0.494. The molecular formula is C16H16BrN. The highest BCUT2D eigenvalue weighted by atomic mass is 79.9. The maximum absolute atomic E-state index is 3.50. The summed E-state index contributed by atoms with van der Waals surface area (Å²) in [4.78, 5) is 2.40. The summed E-state index contributed by atoms with van der Waals surface area (Å²) in [7, 11) is 2.20. The van der Waals surface area contributed by atoms with Crippen LogP contribution in [0.1, 0.15) is 22.6 Å². The highest BCUT2D eigenvalue weighted by Crippen LogP contribution is 2.33. The Bertz CT molecular complexity index is 547. The second-order valence-electron chi connectivity index (χ2n) is 5.00. The topological polar surface area (TPSA) is 3.24 Å². The molecule has 18 heavy (non-hydrogen) atoms. The number of hydrogen-bond donors (Lipinski definition) is 0. The van der Waals surface area contributed by atoms with Crippen molar-refractivity contribution in [3.8, 4) is 0 Å². The maximum Gasteiger partial charge on any atom is 0.0234 e. The van der Waals surface area contributed by atoms with Crippen molar-refractivity contribution in [1.82, 2.24) is 4.90 Å². The van der Waals surface area contributed by atoms with Gasteiger partial charge in [-0.2, -0.15) is 0 Å². The zero-order chi connectivity index (χ0) is 12.5. The van der Waals surface area contributed by atoms with Gasteiger partial charge in [0.25, 0.3) is 0 Å². The minimum Gasteiger partial charge on any atom is -0.301 e. The molecule has 2 aromatic carbocycles. The molecule has 0 fully saturated rings. The smallest absolute Gasteiger partial charge is 0.0234 e. The second-order valence-corrected chi connectivity index (χ2v) is 5.92. The third-order valence-corrected chi connectivity index (χ3v) is 4.17. The normalized spacial score (nSPS) is 19.6. The van der Waals surface area contributed by atoms with E-state index in [1.165, 1.54) is 16.7 Å². The first-order valence-corrected chi connectivity index (χ1v) is 7.05. The van der Waals surface area contributed by atoms with Crippen molar-refractivity contribution >= 4 is 15.9 Å². The number of benzene rings is 2. The zero-order valence-electron chi connectivity index (χ0n) is 10.4. The molecule has 1 nitrogen and oxygen atoms in total. The van der Waals surface area contributed by atoms with E-state index in [1.54, 1.807) is 0 Å². The summed E-state index contributed by atoms with van der Waals surface area (Å²) < 4.78 is 1.14. The number of fused-ring (bicyclic) bond motifs is 1. The molecule has 2 aromatic rings. The van der Waals surface area contributed by atoms with Crippen molar-refractivity contribution in [1.29, 1.82) is 0 Å². The molecule has 1 heterocycles. The van der Waals surface area contributed by atoms with E-state index in [4.69, 9.17) is 0 Å². The molecule has 2 heteroatoms. The number of halogens is 1. The van der Waals surface area contributed by atoms with Gasteiger partial charge in [0, 0.05) is 23.5 Å². The van der Waals surface area contributed by atoms with Crippen LogP contribution in [-0.2, 0) is 6.54 Å². The largest absolute Gasteiger partial charge is 0.301 e. The van der Waals surface area contributed by atoms with E-state index >= 15 is 0 Å².